The summed E-state index contributed by atoms with van der Waals surface area (Å²) in [5.74, 6) is 0. The van der Waals surface area contributed by atoms with Crippen molar-refractivity contribution in [1.82, 2.24) is 10.2 Å². The molecule has 1 fully saturated rings. The zero-order valence-electron chi connectivity index (χ0n) is 10.7. The predicted octanol–water partition coefficient (Wildman–Crippen LogP) is 2.65. The molecule has 0 aromatic carbocycles. The number of nitrogens with zero attached hydrogens (tertiary/aromatic N) is 1. The fraction of sp³-hybridized carbons (Fsp3) is 1.00. The third-order valence-corrected chi connectivity index (χ3v) is 3.23. The van der Waals surface area contributed by atoms with E-state index in [1.807, 2.05) is 6.92 Å². The number of halogens is 3. The van der Waals surface area contributed by atoms with Crippen molar-refractivity contribution in [1.29, 1.82) is 0 Å². The molecule has 1 atom stereocenters. The van der Waals surface area contributed by atoms with E-state index in [2.05, 4.69) is 12.2 Å². The lowest BCUT2D eigenvalue weighted by molar-refractivity contribution is -0.149. The molecule has 1 aliphatic rings. The van der Waals surface area contributed by atoms with Crippen LogP contribution in [0.15, 0.2) is 0 Å². The van der Waals surface area contributed by atoms with E-state index in [1.165, 1.54) is 0 Å². The summed E-state index contributed by atoms with van der Waals surface area (Å²) in [6, 6.07) is 0. The van der Waals surface area contributed by atoms with E-state index in [4.69, 9.17) is 0 Å². The first kappa shape index (κ1) is 14.8. The van der Waals surface area contributed by atoms with Gasteiger partial charge in [-0.05, 0) is 37.8 Å². The van der Waals surface area contributed by atoms with Crippen molar-refractivity contribution < 1.29 is 13.2 Å². The Morgan fingerprint density at radius 2 is 2.06 bits per heavy atom. The van der Waals surface area contributed by atoms with Gasteiger partial charge in [-0.1, -0.05) is 13.8 Å². The summed E-state index contributed by atoms with van der Waals surface area (Å²) in [7, 11) is 0. The SMILES string of the molecule is CCCN(CC(F)(F)F)CC1(C)CCCNC1. The minimum atomic E-state index is -4.09. The highest BCUT2D eigenvalue weighted by atomic mass is 19.4. The molecule has 2 nitrogen and oxygen atoms in total. The molecule has 1 N–H and O–H groups in total. The van der Waals surface area contributed by atoms with Gasteiger partial charge in [0.05, 0.1) is 6.54 Å². The summed E-state index contributed by atoms with van der Waals surface area (Å²) < 4.78 is 37.4. The van der Waals surface area contributed by atoms with Gasteiger partial charge in [-0.3, -0.25) is 4.90 Å². The van der Waals surface area contributed by atoms with Gasteiger partial charge in [0.1, 0.15) is 0 Å². The molecule has 17 heavy (non-hydrogen) atoms. The van der Waals surface area contributed by atoms with Crippen molar-refractivity contribution in [2.45, 2.75) is 39.3 Å². The van der Waals surface area contributed by atoms with Crippen LogP contribution in [0.2, 0.25) is 0 Å². The van der Waals surface area contributed by atoms with Crippen molar-refractivity contribution >= 4 is 0 Å². The zero-order chi connectivity index (χ0) is 12.9. The van der Waals surface area contributed by atoms with Crippen LogP contribution in [-0.2, 0) is 0 Å². The molecule has 1 aliphatic heterocycles. The van der Waals surface area contributed by atoms with Gasteiger partial charge in [0.2, 0.25) is 0 Å². The minimum absolute atomic E-state index is 0.0152. The molecular formula is C12H23F3N2. The van der Waals surface area contributed by atoms with Crippen molar-refractivity contribution in [2.75, 3.05) is 32.7 Å². The fourth-order valence-electron chi connectivity index (χ4n) is 2.58. The van der Waals surface area contributed by atoms with Crippen molar-refractivity contribution in [3.05, 3.63) is 0 Å². The molecule has 0 bridgehead atoms. The third kappa shape index (κ3) is 5.73. The topological polar surface area (TPSA) is 15.3 Å². The zero-order valence-corrected chi connectivity index (χ0v) is 10.7. The molecule has 0 aliphatic carbocycles. The fourth-order valence-corrected chi connectivity index (χ4v) is 2.58. The van der Waals surface area contributed by atoms with Crippen molar-refractivity contribution in [3.63, 3.8) is 0 Å². The monoisotopic (exact) mass is 252 g/mol. The van der Waals surface area contributed by atoms with Crippen LogP contribution in [0.25, 0.3) is 0 Å². The van der Waals surface area contributed by atoms with Gasteiger partial charge in [0, 0.05) is 13.1 Å². The highest BCUT2D eigenvalue weighted by molar-refractivity contribution is 4.85. The Kier molecular flexibility index (Phi) is 5.25. The molecular weight excluding hydrogens is 229 g/mol. The van der Waals surface area contributed by atoms with Crippen LogP contribution < -0.4 is 5.32 Å². The van der Waals surface area contributed by atoms with Gasteiger partial charge in [-0.15, -0.1) is 0 Å². The normalized spacial score (nSPS) is 26.5. The van der Waals surface area contributed by atoms with E-state index in [0.717, 1.165) is 32.4 Å². The summed E-state index contributed by atoms with van der Waals surface area (Å²) in [6.45, 7) is 6.09. The minimum Gasteiger partial charge on any atom is -0.316 e. The van der Waals surface area contributed by atoms with E-state index >= 15 is 0 Å². The summed E-state index contributed by atoms with van der Waals surface area (Å²) >= 11 is 0. The highest BCUT2D eigenvalue weighted by Gasteiger charge is 2.35. The maximum atomic E-state index is 12.5. The molecule has 1 heterocycles. The molecule has 0 aromatic heterocycles. The van der Waals surface area contributed by atoms with Crippen LogP contribution in [-0.4, -0.2) is 43.8 Å². The second kappa shape index (κ2) is 6.05. The molecule has 102 valence electrons. The first-order chi connectivity index (χ1) is 7.85. The highest BCUT2D eigenvalue weighted by Crippen LogP contribution is 2.28. The second-order valence-electron chi connectivity index (χ2n) is 5.42. The van der Waals surface area contributed by atoms with E-state index in [-0.39, 0.29) is 5.41 Å². The second-order valence-corrected chi connectivity index (χ2v) is 5.42. The predicted molar refractivity (Wildman–Crippen MR) is 63.0 cm³/mol. The molecule has 0 radical (unpaired) electrons. The first-order valence-electron chi connectivity index (χ1n) is 6.34. The van der Waals surface area contributed by atoms with Gasteiger partial charge < -0.3 is 5.32 Å². The van der Waals surface area contributed by atoms with Crippen LogP contribution in [0.5, 0.6) is 0 Å². The molecule has 0 spiro atoms. The van der Waals surface area contributed by atoms with Crippen LogP contribution in [0.3, 0.4) is 0 Å². The molecule has 0 saturated carbocycles. The van der Waals surface area contributed by atoms with E-state index in [1.54, 1.807) is 4.90 Å². The Balaban J connectivity index is 2.52. The lowest BCUT2D eigenvalue weighted by Crippen LogP contribution is -2.48. The van der Waals surface area contributed by atoms with Gasteiger partial charge in [-0.2, -0.15) is 13.2 Å². The average Bonchev–Trinajstić information content (AvgIpc) is 2.15. The van der Waals surface area contributed by atoms with Crippen molar-refractivity contribution in [3.8, 4) is 0 Å². The Labute approximate surface area is 102 Å². The van der Waals surface area contributed by atoms with Gasteiger partial charge in [0.25, 0.3) is 0 Å². The quantitative estimate of drug-likeness (QED) is 0.809. The largest absolute Gasteiger partial charge is 0.401 e. The maximum Gasteiger partial charge on any atom is 0.401 e. The lowest BCUT2D eigenvalue weighted by atomic mass is 9.82. The Morgan fingerprint density at radius 3 is 2.53 bits per heavy atom. The third-order valence-electron chi connectivity index (χ3n) is 3.23. The van der Waals surface area contributed by atoms with Crippen molar-refractivity contribution in [2.24, 2.45) is 5.41 Å². The molecule has 1 saturated heterocycles. The Bertz CT molecular complexity index is 222. The first-order valence-corrected chi connectivity index (χ1v) is 6.34. The summed E-state index contributed by atoms with van der Waals surface area (Å²) in [5.41, 5.74) is -0.0152. The van der Waals surface area contributed by atoms with Crippen LogP contribution in [0.4, 0.5) is 13.2 Å². The van der Waals surface area contributed by atoms with E-state index < -0.39 is 12.7 Å². The number of nitrogens with one attached hydrogen (secondary N) is 1. The van der Waals surface area contributed by atoms with Crippen LogP contribution >= 0.6 is 0 Å². The molecule has 1 unspecified atom stereocenters. The summed E-state index contributed by atoms with van der Waals surface area (Å²) in [6.07, 6.45) is -1.26. The summed E-state index contributed by atoms with van der Waals surface area (Å²) in [4.78, 5) is 1.55. The standard InChI is InChI=1S/C12H23F3N2/c1-3-7-17(10-12(13,14)15)9-11(2)5-4-6-16-8-11/h16H,3-10H2,1-2H3. The molecule has 5 heteroatoms. The molecule has 0 amide bonds. The maximum absolute atomic E-state index is 12.5. The number of hydrogen-bond donors (Lipinski definition) is 1. The van der Waals surface area contributed by atoms with Gasteiger partial charge in [0.15, 0.2) is 0 Å². The molecule has 0 aromatic rings. The number of alkyl halides is 3. The Hall–Kier alpha value is -0.290. The smallest absolute Gasteiger partial charge is 0.316 e. The number of hydrogen-bond acceptors (Lipinski definition) is 2. The molecule has 1 rings (SSSR count). The van der Waals surface area contributed by atoms with E-state index in [9.17, 15) is 13.2 Å². The van der Waals surface area contributed by atoms with Gasteiger partial charge >= 0.3 is 6.18 Å². The van der Waals surface area contributed by atoms with Crippen LogP contribution in [0.1, 0.15) is 33.1 Å². The average molecular weight is 252 g/mol. The number of rotatable bonds is 5. The van der Waals surface area contributed by atoms with Gasteiger partial charge in [-0.25, -0.2) is 0 Å². The Morgan fingerprint density at radius 1 is 1.35 bits per heavy atom. The van der Waals surface area contributed by atoms with E-state index in [0.29, 0.717) is 13.1 Å². The lowest BCUT2D eigenvalue weighted by Gasteiger charge is -2.38. The summed E-state index contributed by atoms with van der Waals surface area (Å²) in [5, 5.41) is 3.28. The van der Waals surface area contributed by atoms with Crippen LogP contribution in [0, 0.1) is 5.41 Å². The number of piperidine rings is 1.